The Hall–Kier alpha value is -2.15. The van der Waals surface area contributed by atoms with Gasteiger partial charge in [0.15, 0.2) is 0 Å². The van der Waals surface area contributed by atoms with Gasteiger partial charge in [0.1, 0.15) is 17.6 Å². The summed E-state index contributed by atoms with van der Waals surface area (Å²) in [6.45, 7) is 2.43. The van der Waals surface area contributed by atoms with E-state index in [1.165, 1.54) is 6.07 Å². The van der Waals surface area contributed by atoms with Gasteiger partial charge in [-0.25, -0.2) is 15.2 Å². The summed E-state index contributed by atoms with van der Waals surface area (Å²) in [5, 5.41) is 9.71. The summed E-state index contributed by atoms with van der Waals surface area (Å²) in [5.74, 6) is -0.324. The molecule has 5 nitrogen and oxygen atoms in total. The maximum Gasteiger partial charge on any atom is 0.241 e. The van der Waals surface area contributed by atoms with Crippen molar-refractivity contribution in [3.63, 3.8) is 0 Å². The van der Waals surface area contributed by atoms with E-state index in [1.807, 2.05) is 19.1 Å². The van der Waals surface area contributed by atoms with Gasteiger partial charge >= 0.3 is 0 Å². The van der Waals surface area contributed by atoms with Crippen molar-refractivity contribution in [1.29, 1.82) is 0 Å². The van der Waals surface area contributed by atoms with E-state index in [2.05, 4.69) is 10.9 Å². The van der Waals surface area contributed by atoms with Crippen molar-refractivity contribution in [2.75, 3.05) is 6.54 Å². The maximum absolute atomic E-state index is 14.0. The van der Waals surface area contributed by atoms with E-state index in [4.69, 9.17) is 11.6 Å². The number of hydrogen-bond donors (Lipinski definition) is 3. The molecule has 0 aromatic heterocycles. The summed E-state index contributed by atoms with van der Waals surface area (Å²) >= 11 is 6.08. The molecule has 1 aliphatic heterocycles. The lowest BCUT2D eigenvalue weighted by Gasteiger charge is -2.24. The van der Waals surface area contributed by atoms with Crippen molar-refractivity contribution in [2.24, 2.45) is 0 Å². The molecule has 1 fully saturated rings. The van der Waals surface area contributed by atoms with Crippen LogP contribution in [0.25, 0.3) is 0 Å². The first-order valence-electron chi connectivity index (χ1n) is 8.51. The molecule has 1 amide bonds. The number of phenolic OH excluding ortho intramolecular Hbond substituents is 1. The Kier molecular flexibility index (Phi) is 5.76. The Balaban J connectivity index is 1.68. The van der Waals surface area contributed by atoms with Crippen LogP contribution in [0, 0.1) is 5.82 Å². The highest BCUT2D eigenvalue weighted by atomic mass is 35.5. The molecular weight excluding hydrogens is 357 g/mol. The van der Waals surface area contributed by atoms with Crippen LogP contribution in [-0.4, -0.2) is 28.5 Å². The van der Waals surface area contributed by atoms with E-state index in [-0.39, 0.29) is 24.2 Å². The average Bonchev–Trinajstić information content (AvgIpc) is 3.12. The molecule has 138 valence electrons. The molecular formula is C19H21ClFN3O2. The van der Waals surface area contributed by atoms with Crippen LogP contribution in [0.1, 0.15) is 30.5 Å². The van der Waals surface area contributed by atoms with Gasteiger partial charge in [0, 0.05) is 23.2 Å². The van der Waals surface area contributed by atoms with Crippen molar-refractivity contribution in [3.8, 4) is 5.75 Å². The highest BCUT2D eigenvalue weighted by molar-refractivity contribution is 6.31. The summed E-state index contributed by atoms with van der Waals surface area (Å²) < 4.78 is 14.0. The van der Waals surface area contributed by atoms with Crippen molar-refractivity contribution >= 4 is 17.5 Å². The minimum absolute atomic E-state index is 0.0414. The van der Waals surface area contributed by atoms with Crippen molar-refractivity contribution < 1.29 is 14.3 Å². The fourth-order valence-electron chi connectivity index (χ4n) is 3.08. The number of amides is 1. The number of carbonyl (C=O) groups excluding carboxylic acids is 1. The molecule has 2 atom stereocenters. The second kappa shape index (κ2) is 8.03. The number of hydrogen-bond acceptors (Lipinski definition) is 4. The van der Waals surface area contributed by atoms with E-state index in [1.54, 1.807) is 29.2 Å². The number of rotatable bonds is 5. The van der Waals surface area contributed by atoms with E-state index < -0.39 is 11.9 Å². The summed E-state index contributed by atoms with van der Waals surface area (Å²) in [4.78, 5) is 14.4. The minimum atomic E-state index is -0.417. The molecule has 26 heavy (non-hydrogen) atoms. The smallest absolute Gasteiger partial charge is 0.241 e. The lowest BCUT2D eigenvalue weighted by atomic mass is 10.0. The molecule has 1 saturated heterocycles. The molecule has 0 radical (unpaired) electrons. The molecule has 1 aliphatic rings. The van der Waals surface area contributed by atoms with Crippen molar-refractivity contribution in [3.05, 3.63) is 64.4 Å². The number of nitrogens with zero attached hydrogens (tertiary/aromatic N) is 1. The van der Waals surface area contributed by atoms with Crippen LogP contribution in [0.4, 0.5) is 4.39 Å². The third-order valence-electron chi connectivity index (χ3n) is 4.60. The van der Waals surface area contributed by atoms with Crippen LogP contribution >= 0.6 is 11.6 Å². The Labute approximate surface area is 156 Å². The molecule has 1 heterocycles. The van der Waals surface area contributed by atoms with Gasteiger partial charge in [-0.05, 0) is 43.2 Å². The molecule has 2 aromatic carbocycles. The van der Waals surface area contributed by atoms with E-state index in [0.29, 0.717) is 23.6 Å². The number of nitrogens with one attached hydrogen (secondary N) is 2. The third kappa shape index (κ3) is 3.98. The topological polar surface area (TPSA) is 64.6 Å². The summed E-state index contributed by atoms with van der Waals surface area (Å²) in [6.07, 6.45) is 0.561. The van der Waals surface area contributed by atoms with Crippen LogP contribution in [0.3, 0.4) is 0 Å². The molecule has 2 unspecified atom stereocenters. The Morgan fingerprint density at radius 1 is 1.27 bits per heavy atom. The van der Waals surface area contributed by atoms with Crippen LogP contribution < -0.4 is 10.9 Å². The number of likely N-dealkylation sites (N-methyl/N-ethyl adjacent to an activating group) is 1. The molecule has 0 bridgehead atoms. The molecule has 2 aromatic rings. The minimum Gasteiger partial charge on any atom is -0.508 e. The number of aromatic hydroxyl groups is 1. The van der Waals surface area contributed by atoms with Crippen LogP contribution in [0.2, 0.25) is 5.02 Å². The lowest BCUT2D eigenvalue weighted by Crippen LogP contribution is -2.45. The van der Waals surface area contributed by atoms with Gasteiger partial charge in [-0.1, -0.05) is 29.8 Å². The molecule has 3 rings (SSSR count). The first-order valence-corrected chi connectivity index (χ1v) is 8.89. The third-order valence-corrected chi connectivity index (χ3v) is 4.95. The number of halogens is 2. The monoisotopic (exact) mass is 377 g/mol. The van der Waals surface area contributed by atoms with Crippen LogP contribution in [0.15, 0.2) is 42.5 Å². The summed E-state index contributed by atoms with van der Waals surface area (Å²) in [7, 11) is 0. The molecule has 0 aliphatic carbocycles. The zero-order chi connectivity index (χ0) is 18.7. The van der Waals surface area contributed by atoms with Crippen LogP contribution in [0.5, 0.6) is 5.75 Å². The SMILES string of the molecule is CCN(Cc1c(F)cccc1Cl)C(=O)C1CC(c2ccc(O)cc2)NN1. The number of phenols is 1. The number of hydrazine groups is 1. The number of carbonyl (C=O) groups is 1. The molecule has 3 N–H and O–H groups in total. The quantitative estimate of drug-likeness (QED) is 0.749. The predicted molar refractivity (Wildman–Crippen MR) is 98.0 cm³/mol. The zero-order valence-electron chi connectivity index (χ0n) is 14.4. The first-order chi connectivity index (χ1) is 12.5. The van der Waals surface area contributed by atoms with Gasteiger partial charge in [0.2, 0.25) is 5.91 Å². The van der Waals surface area contributed by atoms with E-state index in [9.17, 15) is 14.3 Å². The van der Waals surface area contributed by atoms with Gasteiger partial charge in [0.05, 0.1) is 6.54 Å². The Bertz CT molecular complexity index is 765. The van der Waals surface area contributed by atoms with Gasteiger partial charge in [-0.3, -0.25) is 4.79 Å². The van der Waals surface area contributed by atoms with Gasteiger partial charge in [-0.2, -0.15) is 0 Å². The molecule has 0 saturated carbocycles. The summed E-state index contributed by atoms with van der Waals surface area (Å²) in [6, 6.07) is 10.9. The largest absolute Gasteiger partial charge is 0.508 e. The van der Waals surface area contributed by atoms with Gasteiger partial charge < -0.3 is 10.0 Å². The second-order valence-corrected chi connectivity index (χ2v) is 6.68. The standard InChI is InChI=1S/C19H21ClFN3O2/c1-2-24(11-14-15(20)4-3-5-16(14)21)19(26)18-10-17(22-23-18)12-6-8-13(25)9-7-12/h3-9,17-18,22-23,25H,2,10-11H2,1H3. The van der Waals surface area contributed by atoms with Gasteiger partial charge in [0.25, 0.3) is 0 Å². The average molecular weight is 378 g/mol. The Morgan fingerprint density at radius 2 is 2.00 bits per heavy atom. The summed E-state index contributed by atoms with van der Waals surface area (Å²) in [5.41, 5.74) is 7.43. The molecule has 7 heteroatoms. The fourth-order valence-corrected chi connectivity index (χ4v) is 3.31. The number of benzene rings is 2. The van der Waals surface area contributed by atoms with Crippen molar-refractivity contribution in [2.45, 2.75) is 32.0 Å². The molecule has 0 spiro atoms. The maximum atomic E-state index is 14.0. The zero-order valence-corrected chi connectivity index (χ0v) is 15.1. The Morgan fingerprint density at radius 3 is 2.65 bits per heavy atom. The predicted octanol–water partition coefficient (Wildman–Crippen LogP) is 3.14. The normalized spacial score (nSPS) is 19.5. The van der Waals surface area contributed by atoms with Crippen molar-refractivity contribution in [1.82, 2.24) is 15.8 Å². The van der Waals surface area contributed by atoms with Gasteiger partial charge in [-0.15, -0.1) is 0 Å². The second-order valence-electron chi connectivity index (χ2n) is 6.27. The van der Waals surface area contributed by atoms with E-state index >= 15 is 0 Å². The van der Waals surface area contributed by atoms with Crippen LogP contribution in [-0.2, 0) is 11.3 Å². The lowest BCUT2D eigenvalue weighted by molar-refractivity contribution is -0.133. The first kappa shape index (κ1) is 18.6. The highest BCUT2D eigenvalue weighted by Crippen LogP contribution is 2.26. The fraction of sp³-hybridized carbons (Fsp3) is 0.316. The van der Waals surface area contributed by atoms with E-state index in [0.717, 1.165) is 5.56 Å². The highest BCUT2D eigenvalue weighted by Gasteiger charge is 2.33.